The lowest BCUT2D eigenvalue weighted by Crippen LogP contribution is -2.39. The maximum absolute atomic E-state index is 12.0. The number of carbonyl (C=O) groups excluding carboxylic acids is 1. The number of aromatic nitrogens is 2. The maximum Gasteiger partial charge on any atom is 0.258 e. The van der Waals surface area contributed by atoms with E-state index in [1.54, 1.807) is 6.07 Å². The van der Waals surface area contributed by atoms with Crippen LogP contribution < -0.4 is 10.9 Å². The Balaban J connectivity index is 1.41. The zero-order chi connectivity index (χ0) is 18.4. The Labute approximate surface area is 154 Å². The number of para-hydroxylation sites is 1. The minimum atomic E-state index is -0.151. The SMILES string of the molecule is CC1CCCCN1CCCNC(=O)CCc1nc2ccccc2c(=O)[nH]1. The average Bonchev–Trinajstić information content (AvgIpc) is 2.65. The summed E-state index contributed by atoms with van der Waals surface area (Å²) in [5.74, 6) is 0.568. The van der Waals surface area contributed by atoms with Crippen molar-refractivity contribution in [1.29, 1.82) is 0 Å². The van der Waals surface area contributed by atoms with Gasteiger partial charge in [-0.25, -0.2) is 4.98 Å². The molecular formula is C20H28N4O2. The lowest BCUT2D eigenvalue weighted by atomic mass is 10.0. The van der Waals surface area contributed by atoms with Crippen molar-refractivity contribution in [2.75, 3.05) is 19.6 Å². The average molecular weight is 356 g/mol. The number of rotatable bonds is 7. The molecule has 0 saturated carbocycles. The number of carbonyl (C=O) groups is 1. The molecule has 1 amide bonds. The van der Waals surface area contributed by atoms with Crippen LogP contribution in [0.25, 0.3) is 10.9 Å². The topological polar surface area (TPSA) is 78.1 Å². The molecule has 0 radical (unpaired) electrons. The van der Waals surface area contributed by atoms with E-state index in [4.69, 9.17) is 0 Å². The van der Waals surface area contributed by atoms with E-state index in [2.05, 4.69) is 27.1 Å². The van der Waals surface area contributed by atoms with Crippen LogP contribution in [0.15, 0.2) is 29.1 Å². The molecule has 0 spiro atoms. The number of H-pyrrole nitrogens is 1. The second kappa shape index (κ2) is 8.94. The Morgan fingerprint density at radius 3 is 3.04 bits per heavy atom. The molecule has 0 bridgehead atoms. The number of nitrogens with one attached hydrogen (secondary N) is 2. The second-order valence-corrected chi connectivity index (χ2v) is 7.11. The number of aryl methyl sites for hydroxylation is 1. The van der Waals surface area contributed by atoms with Gasteiger partial charge in [-0.05, 0) is 44.9 Å². The molecule has 1 saturated heterocycles. The van der Waals surface area contributed by atoms with E-state index >= 15 is 0 Å². The fourth-order valence-electron chi connectivity index (χ4n) is 3.57. The zero-order valence-corrected chi connectivity index (χ0v) is 15.5. The quantitative estimate of drug-likeness (QED) is 0.746. The summed E-state index contributed by atoms with van der Waals surface area (Å²) in [6.07, 6.45) is 5.65. The molecule has 2 aromatic rings. The van der Waals surface area contributed by atoms with Gasteiger partial charge in [0, 0.05) is 32.0 Å². The van der Waals surface area contributed by atoms with Crippen LogP contribution >= 0.6 is 0 Å². The van der Waals surface area contributed by atoms with Gasteiger partial charge in [0.2, 0.25) is 5.91 Å². The Hall–Kier alpha value is -2.21. The number of benzene rings is 1. The van der Waals surface area contributed by atoms with E-state index < -0.39 is 0 Å². The lowest BCUT2D eigenvalue weighted by Gasteiger charge is -2.33. The van der Waals surface area contributed by atoms with Gasteiger partial charge in [-0.1, -0.05) is 18.6 Å². The number of piperidine rings is 1. The summed E-state index contributed by atoms with van der Waals surface area (Å²) in [6, 6.07) is 7.90. The molecule has 26 heavy (non-hydrogen) atoms. The molecule has 2 heterocycles. The minimum Gasteiger partial charge on any atom is -0.356 e. The predicted molar refractivity (Wildman–Crippen MR) is 103 cm³/mol. The first-order valence-electron chi connectivity index (χ1n) is 9.62. The van der Waals surface area contributed by atoms with Gasteiger partial charge >= 0.3 is 0 Å². The zero-order valence-electron chi connectivity index (χ0n) is 15.5. The molecule has 1 aromatic carbocycles. The number of amides is 1. The van der Waals surface area contributed by atoms with Crippen LogP contribution in [0.5, 0.6) is 0 Å². The van der Waals surface area contributed by atoms with E-state index in [9.17, 15) is 9.59 Å². The summed E-state index contributed by atoms with van der Waals surface area (Å²) in [4.78, 5) is 33.8. The highest BCUT2D eigenvalue weighted by Gasteiger charge is 2.17. The van der Waals surface area contributed by atoms with E-state index in [0.717, 1.165) is 13.0 Å². The van der Waals surface area contributed by atoms with E-state index in [0.29, 0.717) is 42.2 Å². The third kappa shape index (κ3) is 4.91. The van der Waals surface area contributed by atoms with Crippen LogP contribution in [0.3, 0.4) is 0 Å². The molecule has 6 nitrogen and oxygen atoms in total. The van der Waals surface area contributed by atoms with Crippen molar-refractivity contribution in [3.05, 3.63) is 40.4 Å². The van der Waals surface area contributed by atoms with Gasteiger partial charge in [-0.15, -0.1) is 0 Å². The monoisotopic (exact) mass is 356 g/mol. The standard InChI is InChI=1S/C20H28N4O2/c1-15-7-4-5-13-24(15)14-6-12-21-19(25)11-10-18-22-17-9-3-2-8-16(17)20(26)23-18/h2-3,8-9,15H,4-7,10-14H2,1H3,(H,21,25)(H,22,23,26). The van der Waals surface area contributed by atoms with Crippen LogP contribution in [0, 0.1) is 0 Å². The third-order valence-electron chi connectivity index (χ3n) is 5.14. The predicted octanol–water partition coefficient (Wildman–Crippen LogP) is 2.24. The fraction of sp³-hybridized carbons (Fsp3) is 0.550. The van der Waals surface area contributed by atoms with Gasteiger partial charge in [0.15, 0.2) is 0 Å². The molecule has 1 aromatic heterocycles. The Bertz CT molecular complexity index is 802. The first-order chi connectivity index (χ1) is 12.6. The molecule has 2 N–H and O–H groups in total. The number of likely N-dealkylation sites (tertiary alicyclic amines) is 1. The van der Waals surface area contributed by atoms with Crippen LogP contribution in [0.1, 0.15) is 44.9 Å². The van der Waals surface area contributed by atoms with Crippen molar-refractivity contribution in [2.24, 2.45) is 0 Å². The summed E-state index contributed by atoms with van der Waals surface area (Å²) in [6.45, 7) is 5.20. The lowest BCUT2D eigenvalue weighted by molar-refractivity contribution is -0.121. The number of hydrogen-bond acceptors (Lipinski definition) is 4. The van der Waals surface area contributed by atoms with Gasteiger partial charge in [0.05, 0.1) is 10.9 Å². The Kier molecular flexibility index (Phi) is 6.39. The Morgan fingerprint density at radius 2 is 2.19 bits per heavy atom. The van der Waals surface area contributed by atoms with Crippen molar-refractivity contribution >= 4 is 16.8 Å². The number of fused-ring (bicyclic) bond motifs is 1. The van der Waals surface area contributed by atoms with E-state index in [1.165, 1.54) is 25.8 Å². The highest BCUT2D eigenvalue weighted by atomic mass is 16.1. The normalized spacial score (nSPS) is 18.1. The van der Waals surface area contributed by atoms with Gasteiger partial charge in [-0.3, -0.25) is 9.59 Å². The van der Waals surface area contributed by atoms with Crippen molar-refractivity contribution < 1.29 is 4.79 Å². The molecule has 0 aliphatic carbocycles. The minimum absolute atomic E-state index is 0.00694. The summed E-state index contributed by atoms with van der Waals surface area (Å²) < 4.78 is 0. The summed E-state index contributed by atoms with van der Waals surface area (Å²) in [7, 11) is 0. The highest BCUT2D eigenvalue weighted by Crippen LogP contribution is 2.16. The molecule has 1 fully saturated rings. The molecule has 6 heteroatoms. The van der Waals surface area contributed by atoms with Crippen LogP contribution in [-0.2, 0) is 11.2 Å². The van der Waals surface area contributed by atoms with Crippen LogP contribution in [0.2, 0.25) is 0 Å². The molecular weight excluding hydrogens is 328 g/mol. The van der Waals surface area contributed by atoms with Gasteiger partial charge in [0.1, 0.15) is 5.82 Å². The van der Waals surface area contributed by atoms with E-state index in [1.807, 2.05) is 18.2 Å². The second-order valence-electron chi connectivity index (χ2n) is 7.11. The Morgan fingerprint density at radius 1 is 1.35 bits per heavy atom. The summed E-state index contributed by atoms with van der Waals surface area (Å²) >= 11 is 0. The number of aromatic amines is 1. The molecule has 3 rings (SSSR count). The maximum atomic E-state index is 12.0. The number of nitrogens with zero attached hydrogens (tertiary/aromatic N) is 2. The highest BCUT2D eigenvalue weighted by molar-refractivity contribution is 5.78. The first kappa shape index (κ1) is 18.6. The fourth-order valence-corrected chi connectivity index (χ4v) is 3.57. The van der Waals surface area contributed by atoms with Crippen molar-refractivity contribution in [3.8, 4) is 0 Å². The molecule has 1 aliphatic rings. The van der Waals surface area contributed by atoms with Crippen molar-refractivity contribution in [3.63, 3.8) is 0 Å². The molecule has 1 atom stereocenters. The van der Waals surface area contributed by atoms with Gasteiger partial charge in [0.25, 0.3) is 5.56 Å². The summed E-state index contributed by atoms with van der Waals surface area (Å²) in [5.41, 5.74) is 0.518. The molecule has 140 valence electrons. The first-order valence-corrected chi connectivity index (χ1v) is 9.62. The van der Waals surface area contributed by atoms with Gasteiger partial charge < -0.3 is 15.2 Å². The molecule has 1 unspecified atom stereocenters. The third-order valence-corrected chi connectivity index (χ3v) is 5.14. The van der Waals surface area contributed by atoms with Crippen LogP contribution in [-0.4, -0.2) is 46.5 Å². The van der Waals surface area contributed by atoms with Gasteiger partial charge in [-0.2, -0.15) is 0 Å². The number of hydrogen-bond donors (Lipinski definition) is 2. The largest absolute Gasteiger partial charge is 0.356 e. The molecule has 1 aliphatic heterocycles. The van der Waals surface area contributed by atoms with E-state index in [-0.39, 0.29) is 11.5 Å². The smallest absolute Gasteiger partial charge is 0.258 e. The van der Waals surface area contributed by atoms with Crippen LogP contribution in [0.4, 0.5) is 0 Å². The summed E-state index contributed by atoms with van der Waals surface area (Å²) in [5, 5.41) is 3.55. The van der Waals surface area contributed by atoms with Crippen molar-refractivity contribution in [2.45, 2.75) is 51.5 Å². The van der Waals surface area contributed by atoms with Crippen molar-refractivity contribution in [1.82, 2.24) is 20.2 Å².